The minimum Gasteiger partial charge on any atom is -0.377 e. The molecule has 2 heterocycles. The maximum atomic E-state index is 13.1. The van der Waals surface area contributed by atoms with Crippen molar-refractivity contribution in [1.29, 1.82) is 0 Å². The van der Waals surface area contributed by atoms with Gasteiger partial charge in [0.15, 0.2) is 15.7 Å². The number of anilines is 2. The van der Waals surface area contributed by atoms with Gasteiger partial charge in [0.1, 0.15) is 5.82 Å². The molecule has 1 aromatic heterocycles. The molecular weight excluding hydrogens is 466 g/mol. The van der Waals surface area contributed by atoms with Crippen molar-refractivity contribution < 1.29 is 17.9 Å². The first-order valence-electron chi connectivity index (χ1n) is 11.5. The SMILES string of the molecule is CCNC(=O)Nc1ccc(-c2nc(CS(=O)(=O)c3ccccc3)cc(N3CCOC[C@@H]3C)n2)cc1. The average Bonchev–Trinajstić information content (AvgIpc) is 2.85. The van der Waals surface area contributed by atoms with Crippen LogP contribution >= 0.6 is 0 Å². The Morgan fingerprint density at radius 3 is 2.54 bits per heavy atom. The fraction of sp³-hybridized carbons (Fsp3) is 0.320. The van der Waals surface area contributed by atoms with Crippen LogP contribution in [0.25, 0.3) is 11.4 Å². The molecule has 0 spiro atoms. The first-order chi connectivity index (χ1) is 16.9. The second-order valence-electron chi connectivity index (χ2n) is 8.29. The molecule has 9 nitrogen and oxygen atoms in total. The van der Waals surface area contributed by atoms with Gasteiger partial charge in [-0.25, -0.2) is 23.2 Å². The Hall–Kier alpha value is -3.50. The van der Waals surface area contributed by atoms with Crippen molar-refractivity contribution in [2.24, 2.45) is 0 Å². The average molecular weight is 496 g/mol. The van der Waals surface area contributed by atoms with Gasteiger partial charge >= 0.3 is 6.03 Å². The summed E-state index contributed by atoms with van der Waals surface area (Å²) in [5, 5.41) is 5.44. The Kier molecular flexibility index (Phi) is 7.62. The number of benzene rings is 2. The number of rotatable bonds is 7. The minimum atomic E-state index is -3.59. The van der Waals surface area contributed by atoms with E-state index in [4.69, 9.17) is 9.72 Å². The third-order valence-electron chi connectivity index (χ3n) is 5.61. The third-order valence-corrected chi connectivity index (χ3v) is 7.27. The molecule has 0 radical (unpaired) electrons. The summed E-state index contributed by atoms with van der Waals surface area (Å²) >= 11 is 0. The summed E-state index contributed by atoms with van der Waals surface area (Å²) in [5.41, 5.74) is 1.76. The number of carbonyl (C=O) groups is 1. The van der Waals surface area contributed by atoms with Crippen molar-refractivity contribution in [1.82, 2.24) is 15.3 Å². The topological polar surface area (TPSA) is 114 Å². The zero-order chi connectivity index (χ0) is 24.8. The van der Waals surface area contributed by atoms with Crippen LogP contribution in [-0.2, 0) is 20.3 Å². The molecule has 0 saturated carbocycles. The van der Waals surface area contributed by atoms with Crippen LogP contribution in [0.2, 0.25) is 0 Å². The van der Waals surface area contributed by atoms with Gasteiger partial charge in [0.2, 0.25) is 0 Å². The number of carbonyl (C=O) groups excluding carboxylic acids is 1. The maximum absolute atomic E-state index is 13.1. The molecule has 10 heteroatoms. The fourth-order valence-corrected chi connectivity index (χ4v) is 5.12. The number of hydrogen-bond acceptors (Lipinski definition) is 7. The fourth-order valence-electron chi connectivity index (χ4n) is 3.85. The Morgan fingerprint density at radius 1 is 1.11 bits per heavy atom. The van der Waals surface area contributed by atoms with Crippen LogP contribution in [0.1, 0.15) is 19.5 Å². The normalized spacial score (nSPS) is 16.1. The molecule has 35 heavy (non-hydrogen) atoms. The lowest BCUT2D eigenvalue weighted by Gasteiger charge is -2.34. The second-order valence-corrected chi connectivity index (χ2v) is 10.3. The standard InChI is InChI=1S/C25H29N5O4S/c1-3-26-25(31)28-20-11-9-19(10-12-20)24-27-21(17-35(32,33)22-7-5-4-6-8-22)15-23(29-24)30-13-14-34-16-18(30)2/h4-12,15,18H,3,13-14,16-17H2,1-2H3,(H2,26,28,31)/t18-/m0/s1. The zero-order valence-electron chi connectivity index (χ0n) is 19.8. The van der Waals surface area contributed by atoms with Gasteiger partial charge < -0.3 is 20.3 Å². The van der Waals surface area contributed by atoms with E-state index in [1.165, 1.54) is 0 Å². The van der Waals surface area contributed by atoms with Gasteiger partial charge in [0, 0.05) is 30.4 Å². The summed E-state index contributed by atoms with van der Waals surface area (Å²) in [6, 6.07) is 17.0. The Balaban J connectivity index is 1.68. The highest BCUT2D eigenvalue weighted by atomic mass is 32.2. The van der Waals surface area contributed by atoms with E-state index in [9.17, 15) is 13.2 Å². The van der Waals surface area contributed by atoms with Crippen molar-refractivity contribution >= 4 is 27.4 Å². The number of hydrogen-bond donors (Lipinski definition) is 2. The lowest BCUT2D eigenvalue weighted by atomic mass is 10.2. The van der Waals surface area contributed by atoms with Crippen LogP contribution in [0.4, 0.5) is 16.3 Å². The molecule has 0 bridgehead atoms. The summed E-state index contributed by atoms with van der Waals surface area (Å²) < 4.78 is 31.7. The Morgan fingerprint density at radius 2 is 1.86 bits per heavy atom. The number of ether oxygens (including phenoxy) is 1. The second kappa shape index (κ2) is 10.8. The van der Waals surface area contributed by atoms with E-state index in [2.05, 4.69) is 20.5 Å². The summed E-state index contributed by atoms with van der Waals surface area (Å²) in [4.78, 5) is 23.5. The van der Waals surface area contributed by atoms with Gasteiger partial charge in [-0.3, -0.25) is 0 Å². The van der Waals surface area contributed by atoms with E-state index >= 15 is 0 Å². The highest BCUT2D eigenvalue weighted by Crippen LogP contribution is 2.26. The molecular formula is C25H29N5O4S. The number of nitrogens with zero attached hydrogens (tertiary/aromatic N) is 3. The molecule has 2 aromatic carbocycles. The molecule has 1 aliphatic heterocycles. The van der Waals surface area contributed by atoms with Crippen LogP contribution < -0.4 is 15.5 Å². The van der Waals surface area contributed by atoms with Crippen molar-refractivity contribution in [3.8, 4) is 11.4 Å². The molecule has 4 rings (SSSR count). The molecule has 1 atom stereocenters. The first-order valence-corrected chi connectivity index (χ1v) is 13.2. The van der Waals surface area contributed by atoms with E-state index in [1.54, 1.807) is 60.7 Å². The summed E-state index contributed by atoms with van der Waals surface area (Å²) in [5.74, 6) is 0.840. The number of aromatic nitrogens is 2. The molecule has 1 aliphatic rings. The number of nitrogens with one attached hydrogen (secondary N) is 2. The monoisotopic (exact) mass is 495 g/mol. The van der Waals surface area contributed by atoms with Crippen molar-refractivity contribution in [3.05, 3.63) is 66.4 Å². The molecule has 2 N–H and O–H groups in total. The van der Waals surface area contributed by atoms with E-state index in [1.807, 2.05) is 13.8 Å². The molecule has 0 aliphatic carbocycles. The third kappa shape index (κ3) is 6.14. The predicted molar refractivity (Wildman–Crippen MR) is 135 cm³/mol. The molecule has 1 fully saturated rings. The van der Waals surface area contributed by atoms with Gasteiger partial charge in [0.05, 0.1) is 35.6 Å². The Labute approximate surface area is 205 Å². The van der Waals surface area contributed by atoms with Crippen molar-refractivity contribution in [2.75, 3.05) is 36.5 Å². The van der Waals surface area contributed by atoms with E-state index in [0.717, 1.165) is 0 Å². The summed E-state index contributed by atoms with van der Waals surface area (Å²) in [6.07, 6.45) is 0. The van der Waals surface area contributed by atoms with E-state index < -0.39 is 9.84 Å². The van der Waals surface area contributed by atoms with Crippen LogP contribution in [0.15, 0.2) is 65.6 Å². The molecule has 184 valence electrons. The molecule has 0 unspecified atom stereocenters. The van der Waals surface area contributed by atoms with Gasteiger partial charge in [-0.2, -0.15) is 0 Å². The molecule has 1 saturated heterocycles. The minimum absolute atomic E-state index is 0.0914. The maximum Gasteiger partial charge on any atom is 0.319 e. The number of morpholine rings is 1. The van der Waals surface area contributed by atoms with E-state index in [0.29, 0.717) is 54.9 Å². The summed E-state index contributed by atoms with van der Waals surface area (Å²) in [6.45, 7) is 6.21. The lowest BCUT2D eigenvalue weighted by Crippen LogP contribution is -2.44. The van der Waals surface area contributed by atoms with Crippen molar-refractivity contribution in [2.45, 2.75) is 30.5 Å². The van der Waals surface area contributed by atoms with Gasteiger partial charge in [-0.1, -0.05) is 18.2 Å². The lowest BCUT2D eigenvalue weighted by molar-refractivity contribution is 0.0985. The van der Waals surface area contributed by atoms with Crippen LogP contribution in [0, 0.1) is 0 Å². The molecule has 3 aromatic rings. The molecule has 2 amide bonds. The van der Waals surface area contributed by atoms with Gasteiger partial charge in [-0.15, -0.1) is 0 Å². The quantitative estimate of drug-likeness (QED) is 0.516. The highest BCUT2D eigenvalue weighted by Gasteiger charge is 2.24. The number of sulfone groups is 1. The van der Waals surface area contributed by atoms with E-state index in [-0.39, 0.29) is 22.7 Å². The highest BCUT2D eigenvalue weighted by molar-refractivity contribution is 7.90. The van der Waals surface area contributed by atoms with Crippen LogP contribution in [-0.4, -0.2) is 56.8 Å². The zero-order valence-corrected chi connectivity index (χ0v) is 20.6. The first kappa shape index (κ1) is 24.6. The summed E-state index contributed by atoms with van der Waals surface area (Å²) in [7, 11) is -3.59. The smallest absolute Gasteiger partial charge is 0.319 e. The van der Waals surface area contributed by atoms with Crippen molar-refractivity contribution in [3.63, 3.8) is 0 Å². The Bertz CT molecular complexity index is 1270. The van der Waals surface area contributed by atoms with Crippen LogP contribution in [0.5, 0.6) is 0 Å². The largest absolute Gasteiger partial charge is 0.377 e. The number of amides is 2. The predicted octanol–water partition coefficient (Wildman–Crippen LogP) is 3.48. The number of urea groups is 1. The van der Waals surface area contributed by atoms with Crippen LogP contribution in [0.3, 0.4) is 0 Å². The van der Waals surface area contributed by atoms with Gasteiger partial charge in [-0.05, 0) is 50.2 Å². The van der Waals surface area contributed by atoms with Gasteiger partial charge in [0.25, 0.3) is 0 Å².